The number of anilines is 1. The number of nitrogens with zero attached hydrogens (tertiary/aromatic N) is 2. The second-order valence-electron chi connectivity index (χ2n) is 10.7. The van der Waals surface area contributed by atoms with E-state index in [1.165, 1.54) is 28.8 Å². The fraction of sp³-hybridized carbons (Fsp3) is 0.355. The Kier molecular flexibility index (Phi) is 11.5. The van der Waals surface area contributed by atoms with Gasteiger partial charge in [-0.05, 0) is 95.0 Å². The van der Waals surface area contributed by atoms with Crippen molar-refractivity contribution in [2.24, 2.45) is 0 Å². The predicted molar refractivity (Wildman–Crippen MR) is 172 cm³/mol. The Hall–Kier alpha value is -3.02. The lowest BCUT2D eigenvalue weighted by Gasteiger charge is -2.33. The molecule has 0 bridgehead atoms. The van der Waals surface area contributed by atoms with Gasteiger partial charge < -0.3 is 15.0 Å². The standard InChI is InChI=1S/C31H38BrN3O5S2/c1-7-40-28-11-9-8-10-27(28)35(42(38,39)26-18-16-25(41-6)17-19-26)21-29(36)34(20-23-12-14-24(32)15-13-23)22(2)30(37)33-31(3,4)5/h8-19,22H,7,20-21H2,1-6H3,(H,33,37). The van der Waals surface area contributed by atoms with Crippen LogP contribution in [-0.4, -0.2) is 56.1 Å². The van der Waals surface area contributed by atoms with Crippen LogP contribution in [0, 0.1) is 0 Å². The minimum absolute atomic E-state index is 0.0392. The molecule has 0 spiro atoms. The van der Waals surface area contributed by atoms with Crippen LogP contribution < -0.4 is 14.4 Å². The fourth-order valence-corrected chi connectivity index (χ4v) is 6.27. The van der Waals surface area contributed by atoms with Gasteiger partial charge in [0, 0.05) is 21.5 Å². The summed E-state index contributed by atoms with van der Waals surface area (Å²) in [5.41, 5.74) is 0.502. The molecule has 0 aliphatic carbocycles. The number of sulfonamides is 1. The third-order valence-electron chi connectivity index (χ3n) is 6.29. The maximum Gasteiger partial charge on any atom is 0.264 e. The van der Waals surface area contributed by atoms with Gasteiger partial charge in [0.15, 0.2) is 0 Å². The number of carbonyl (C=O) groups is 2. The lowest BCUT2D eigenvalue weighted by atomic mass is 10.1. The van der Waals surface area contributed by atoms with Crippen LogP contribution in [-0.2, 0) is 26.2 Å². The van der Waals surface area contributed by atoms with Gasteiger partial charge in [-0.25, -0.2) is 8.42 Å². The molecule has 11 heteroatoms. The van der Waals surface area contributed by atoms with Gasteiger partial charge in [0.1, 0.15) is 18.3 Å². The van der Waals surface area contributed by atoms with Crippen molar-refractivity contribution in [2.75, 3.05) is 23.7 Å². The molecule has 1 unspecified atom stereocenters. The van der Waals surface area contributed by atoms with Crippen LogP contribution in [0.4, 0.5) is 5.69 Å². The molecule has 2 amide bonds. The number of hydrogen-bond donors (Lipinski definition) is 1. The molecule has 1 N–H and O–H groups in total. The Morgan fingerprint density at radius 1 is 1.00 bits per heavy atom. The second kappa shape index (κ2) is 14.4. The minimum Gasteiger partial charge on any atom is -0.492 e. The van der Waals surface area contributed by atoms with Gasteiger partial charge in [0.05, 0.1) is 17.2 Å². The molecule has 0 radical (unpaired) electrons. The molecular weight excluding hydrogens is 638 g/mol. The van der Waals surface area contributed by atoms with E-state index in [1.807, 2.05) is 51.3 Å². The van der Waals surface area contributed by atoms with Crippen molar-refractivity contribution in [1.82, 2.24) is 10.2 Å². The van der Waals surface area contributed by atoms with Gasteiger partial charge in [-0.3, -0.25) is 13.9 Å². The van der Waals surface area contributed by atoms with Crippen molar-refractivity contribution in [2.45, 2.75) is 62.5 Å². The van der Waals surface area contributed by atoms with Crippen LogP contribution >= 0.6 is 27.7 Å². The number of carbonyl (C=O) groups excluding carboxylic acids is 2. The monoisotopic (exact) mass is 675 g/mol. The highest BCUT2D eigenvalue weighted by Gasteiger charge is 2.34. The van der Waals surface area contributed by atoms with Crippen LogP contribution in [0.15, 0.2) is 87.1 Å². The summed E-state index contributed by atoms with van der Waals surface area (Å²) >= 11 is 4.92. The van der Waals surface area contributed by atoms with E-state index in [0.29, 0.717) is 12.4 Å². The number of para-hydroxylation sites is 2. The third kappa shape index (κ3) is 8.75. The number of halogens is 1. The van der Waals surface area contributed by atoms with E-state index in [1.54, 1.807) is 50.2 Å². The largest absolute Gasteiger partial charge is 0.492 e. The molecule has 0 heterocycles. The van der Waals surface area contributed by atoms with Crippen molar-refractivity contribution in [3.8, 4) is 5.75 Å². The molecule has 3 aromatic carbocycles. The zero-order valence-electron chi connectivity index (χ0n) is 24.8. The first-order chi connectivity index (χ1) is 19.8. The molecule has 0 saturated carbocycles. The number of nitrogens with one attached hydrogen (secondary N) is 1. The summed E-state index contributed by atoms with van der Waals surface area (Å²) in [7, 11) is -4.21. The average molecular weight is 677 g/mol. The Balaban J connectivity index is 2.09. The third-order valence-corrected chi connectivity index (χ3v) is 9.34. The van der Waals surface area contributed by atoms with Crippen molar-refractivity contribution in [1.29, 1.82) is 0 Å². The number of hydrogen-bond acceptors (Lipinski definition) is 6. The van der Waals surface area contributed by atoms with Gasteiger partial charge in [-0.15, -0.1) is 11.8 Å². The molecule has 226 valence electrons. The molecule has 0 aliphatic heterocycles. The van der Waals surface area contributed by atoms with Gasteiger partial charge in [0.2, 0.25) is 11.8 Å². The molecule has 0 saturated heterocycles. The van der Waals surface area contributed by atoms with Crippen LogP contribution in [0.1, 0.15) is 40.2 Å². The molecule has 3 rings (SSSR count). The van der Waals surface area contributed by atoms with Crippen molar-refractivity contribution < 1.29 is 22.7 Å². The molecule has 0 aromatic heterocycles. The highest BCUT2D eigenvalue weighted by atomic mass is 79.9. The highest BCUT2D eigenvalue weighted by molar-refractivity contribution is 9.10. The fourth-order valence-electron chi connectivity index (χ4n) is 4.17. The summed E-state index contributed by atoms with van der Waals surface area (Å²) in [4.78, 5) is 29.8. The van der Waals surface area contributed by atoms with E-state index in [2.05, 4.69) is 21.2 Å². The van der Waals surface area contributed by atoms with Gasteiger partial charge >= 0.3 is 0 Å². The Labute approximate surface area is 262 Å². The summed E-state index contributed by atoms with van der Waals surface area (Å²) in [6.07, 6.45) is 1.91. The maximum atomic E-state index is 14.1. The van der Waals surface area contributed by atoms with Crippen LogP contribution in [0.3, 0.4) is 0 Å². The zero-order valence-corrected chi connectivity index (χ0v) is 28.0. The summed E-state index contributed by atoms with van der Waals surface area (Å²) in [6.45, 7) is 8.90. The number of amides is 2. The van der Waals surface area contributed by atoms with Gasteiger partial charge in [0.25, 0.3) is 10.0 Å². The summed E-state index contributed by atoms with van der Waals surface area (Å²) < 4.78 is 36.0. The quantitative estimate of drug-likeness (QED) is 0.233. The first-order valence-electron chi connectivity index (χ1n) is 13.5. The first kappa shape index (κ1) is 33.5. The zero-order chi connectivity index (χ0) is 31.1. The molecule has 1 atom stereocenters. The lowest BCUT2D eigenvalue weighted by molar-refractivity contribution is -0.140. The summed E-state index contributed by atoms with van der Waals surface area (Å²) in [6, 6.07) is 19.8. The van der Waals surface area contributed by atoms with Crippen LogP contribution in [0.25, 0.3) is 0 Å². The lowest BCUT2D eigenvalue weighted by Crippen LogP contribution is -2.54. The SMILES string of the molecule is CCOc1ccccc1N(CC(=O)N(Cc1ccc(Br)cc1)C(C)C(=O)NC(C)(C)C)S(=O)(=O)c1ccc(SC)cc1. The molecule has 42 heavy (non-hydrogen) atoms. The minimum atomic E-state index is -4.21. The van der Waals surface area contributed by atoms with Crippen molar-refractivity contribution in [3.63, 3.8) is 0 Å². The van der Waals surface area contributed by atoms with Crippen molar-refractivity contribution in [3.05, 3.63) is 82.8 Å². The molecule has 3 aromatic rings. The van der Waals surface area contributed by atoms with E-state index in [4.69, 9.17) is 4.74 Å². The van der Waals surface area contributed by atoms with E-state index in [9.17, 15) is 18.0 Å². The van der Waals surface area contributed by atoms with Crippen LogP contribution in [0.2, 0.25) is 0 Å². The Bertz CT molecular complexity index is 1470. The average Bonchev–Trinajstić information content (AvgIpc) is 2.94. The number of rotatable bonds is 12. The van der Waals surface area contributed by atoms with Gasteiger partial charge in [-0.2, -0.15) is 0 Å². The Morgan fingerprint density at radius 2 is 1.62 bits per heavy atom. The molecule has 0 fully saturated rings. The highest BCUT2D eigenvalue weighted by Crippen LogP contribution is 2.33. The normalized spacial score (nSPS) is 12.4. The van der Waals surface area contributed by atoms with Crippen molar-refractivity contribution >= 4 is 55.2 Å². The molecule has 0 aliphatic rings. The summed E-state index contributed by atoms with van der Waals surface area (Å²) in [5.74, 6) is -0.551. The smallest absolute Gasteiger partial charge is 0.264 e. The second-order valence-corrected chi connectivity index (χ2v) is 14.3. The number of benzene rings is 3. The molecular formula is C31H38BrN3O5S2. The Morgan fingerprint density at radius 3 is 2.19 bits per heavy atom. The van der Waals surface area contributed by atoms with E-state index < -0.39 is 34.1 Å². The number of ether oxygens (including phenoxy) is 1. The maximum absolute atomic E-state index is 14.1. The van der Waals surface area contributed by atoms with Gasteiger partial charge in [-0.1, -0.05) is 40.2 Å². The van der Waals surface area contributed by atoms with E-state index in [-0.39, 0.29) is 23.0 Å². The molecule has 8 nitrogen and oxygen atoms in total. The number of thioether (sulfide) groups is 1. The van der Waals surface area contributed by atoms with E-state index >= 15 is 0 Å². The predicted octanol–water partition coefficient (Wildman–Crippen LogP) is 6.10. The summed E-state index contributed by atoms with van der Waals surface area (Å²) in [5, 5.41) is 2.93. The topological polar surface area (TPSA) is 96.0 Å². The first-order valence-corrected chi connectivity index (χ1v) is 17.0. The van der Waals surface area contributed by atoms with E-state index in [0.717, 1.165) is 19.2 Å². The van der Waals surface area contributed by atoms with Crippen LogP contribution in [0.5, 0.6) is 5.75 Å².